The van der Waals surface area contributed by atoms with Crippen LogP contribution in [-0.2, 0) is 6.54 Å². The number of hydrogen-bond donors (Lipinski definition) is 2. The second-order valence-corrected chi connectivity index (χ2v) is 5.59. The summed E-state index contributed by atoms with van der Waals surface area (Å²) < 4.78 is 13.5. The molecule has 0 aromatic heterocycles. The Bertz CT molecular complexity index is 472. The van der Waals surface area contributed by atoms with E-state index in [1.807, 2.05) is 6.07 Å². The van der Waals surface area contributed by atoms with Gasteiger partial charge in [0.25, 0.3) is 0 Å². The van der Waals surface area contributed by atoms with Gasteiger partial charge in [0.1, 0.15) is 11.7 Å². The van der Waals surface area contributed by atoms with Crippen molar-refractivity contribution in [2.45, 2.75) is 39.3 Å². The Hall–Kier alpha value is -1.42. The molecule has 0 aliphatic carbocycles. The highest BCUT2D eigenvalue weighted by Gasteiger charge is 2.24. The van der Waals surface area contributed by atoms with Crippen LogP contribution < -0.4 is 5.73 Å². The molecule has 104 valence electrons. The van der Waals surface area contributed by atoms with Crippen LogP contribution in [0, 0.1) is 17.1 Å². The summed E-state index contributed by atoms with van der Waals surface area (Å²) in [4.78, 5) is 2.38. The maximum atomic E-state index is 13.5. The molecule has 1 heterocycles. The Kier molecular flexibility index (Phi) is 4.20. The third-order valence-electron chi connectivity index (χ3n) is 4.16. The van der Waals surface area contributed by atoms with E-state index >= 15 is 0 Å². The Labute approximate surface area is 114 Å². The summed E-state index contributed by atoms with van der Waals surface area (Å²) in [5.41, 5.74) is 6.80. The smallest absolute Gasteiger partial charge is 0.124 e. The average Bonchev–Trinajstić information content (AvgIpc) is 2.34. The Balaban J connectivity index is 2.16. The maximum Gasteiger partial charge on any atom is 0.124 e. The van der Waals surface area contributed by atoms with Crippen molar-refractivity contribution in [2.75, 3.05) is 6.54 Å². The van der Waals surface area contributed by atoms with Gasteiger partial charge in [0.15, 0.2) is 0 Å². The largest absolute Gasteiger partial charge is 0.384 e. The van der Waals surface area contributed by atoms with E-state index in [1.165, 1.54) is 18.9 Å². The fraction of sp³-hybridized carbons (Fsp3) is 0.533. The second kappa shape index (κ2) is 5.70. The lowest BCUT2D eigenvalue weighted by Gasteiger charge is -2.38. The van der Waals surface area contributed by atoms with Crippen molar-refractivity contribution in [1.29, 1.82) is 5.41 Å². The van der Waals surface area contributed by atoms with Crippen molar-refractivity contribution in [2.24, 2.45) is 11.7 Å². The summed E-state index contributed by atoms with van der Waals surface area (Å²) in [6, 6.07) is 5.18. The molecular formula is C15H22FN3. The van der Waals surface area contributed by atoms with E-state index in [2.05, 4.69) is 18.7 Å². The molecule has 0 amide bonds. The molecule has 0 spiro atoms. The molecule has 1 saturated heterocycles. The minimum absolute atomic E-state index is 0.0826. The summed E-state index contributed by atoms with van der Waals surface area (Å²) in [5, 5.41) is 7.42. The number of halogens is 1. The number of nitrogens with one attached hydrogen (secondary N) is 1. The summed E-state index contributed by atoms with van der Waals surface area (Å²) >= 11 is 0. The number of rotatable bonds is 3. The van der Waals surface area contributed by atoms with E-state index in [0.717, 1.165) is 18.7 Å². The number of hydrogen-bond acceptors (Lipinski definition) is 2. The zero-order valence-electron chi connectivity index (χ0n) is 11.6. The highest BCUT2D eigenvalue weighted by atomic mass is 19.1. The van der Waals surface area contributed by atoms with E-state index in [-0.39, 0.29) is 11.7 Å². The normalized spacial score (nSPS) is 24.4. The molecule has 3 N–H and O–H groups in total. The van der Waals surface area contributed by atoms with Crippen molar-refractivity contribution < 1.29 is 4.39 Å². The lowest BCUT2D eigenvalue weighted by molar-refractivity contribution is 0.106. The fourth-order valence-electron chi connectivity index (χ4n) is 2.78. The Morgan fingerprint density at radius 2 is 2.16 bits per heavy atom. The predicted molar refractivity (Wildman–Crippen MR) is 75.7 cm³/mol. The van der Waals surface area contributed by atoms with Gasteiger partial charge in [-0.25, -0.2) is 4.39 Å². The van der Waals surface area contributed by atoms with Gasteiger partial charge in [-0.2, -0.15) is 0 Å². The van der Waals surface area contributed by atoms with Crippen LogP contribution in [0.4, 0.5) is 4.39 Å². The molecule has 19 heavy (non-hydrogen) atoms. The van der Waals surface area contributed by atoms with E-state index < -0.39 is 0 Å². The third-order valence-corrected chi connectivity index (χ3v) is 4.16. The van der Waals surface area contributed by atoms with E-state index in [0.29, 0.717) is 17.5 Å². The topological polar surface area (TPSA) is 53.1 Å². The molecule has 4 heteroatoms. The summed E-state index contributed by atoms with van der Waals surface area (Å²) in [6.07, 6.45) is 2.46. The van der Waals surface area contributed by atoms with Gasteiger partial charge in [-0.15, -0.1) is 0 Å². The molecule has 2 rings (SSSR count). The first kappa shape index (κ1) is 14.0. The maximum absolute atomic E-state index is 13.5. The Morgan fingerprint density at radius 1 is 1.42 bits per heavy atom. The summed E-state index contributed by atoms with van der Waals surface area (Å²) in [5.74, 6) is 0.274. The number of benzene rings is 1. The molecular weight excluding hydrogens is 241 g/mol. The zero-order valence-corrected chi connectivity index (χ0v) is 11.6. The van der Waals surface area contributed by atoms with Crippen molar-refractivity contribution >= 4 is 5.84 Å². The van der Waals surface area contributed by atoms with E-state index in [4.69, 9.17) is 11.1 Å². The van der Waals surface area contributed by atoms with Gasteiger partial charge in [0.2, 0.25) is 0 Å². The molecule has 3 nitrogen and oxygen atoms in total. The van der Waals surface area contributed by atoms with Crippen LogP contribution in [0.3, 0.4) is 0 Å². The Morgan fingerprint density at radius 3 is 2.84 bits per heavy atom. The number of nitrogen functional groups attached to an aromatic ring is 1. The van der Waals surface area contributed by atoms with Crippen molar-refractivity contribution in [3.8, 4) is 0 Å². The van der Waals surface area contributed by atoms with Crippen molar-refractivity contribution in [3.63, 3.8) is 0 Å². The predicted octanol–water partition coefficient (Wildman–Crippen LogP) is 2.73. The fourth-order valence-corrected chi connectivity index (χ4v) is 2.78. The van der Waals surface area contributed by atoms with Crippen LogP contribution in [0.25, 0.3) is 0 Å². The quantitative estimate of drug-likeness (QED) is 0.651. The monoisotopic (exact) mass is 263 g/mol. The number of piperidine rings is 1. The van der Waals surface area contributed by atoms with Crippen LogP contribution in [0.1, 0.15) is 37.8 Å². The minimum atomic E-state index is -0.319. The number of nitrogens with zero attached hydrogens (tertiary/aromatic N) is 1. The summed E-state index contributed by atoms with van der Waals surface area (Å²) in [6.45, 7) is 6.28. The summed E-state index contributed by atoms with van der Waals surface area (Å²) in [7, 11) is 0. The lowest BCUT2D eigenvalue weighted by Crippen LogP contribution is -2.41. The first-order chi connectivity index (χ1) is 8.97. The molecule has 2 unspecified atom stereocenters. The number of likely N-dealkylation sites (tertiary alicyclic amines) is 1. The molecule has 1 aromatic rings. The lowest BCUT2D eigenvalue weighted by atomic mass is 9.91. The first-order valence-electron chi connectivity index (χ1n) is 6.85. The molecule has 0 radical (unpaired) electrons. The van der Waals surface area contributed by atoms with Gasteiger partial charge in [-0.3, -0.25) is 10.3 Å². The van der Waals surface area contributed by atoms with Crippen LogP contribution in [0.5, 0.6) is 0 Å². The van der Waals surface area contributed by atoms with Gasteiger partial charge < -0.3 is 5.73 Å². The highest BCUT2D eigenvalue weighted by molar-refractivity contribution is 5.95. The van der Waals surface area contributed by atoms with Gasteiger partial charge in [0, 0.05) is 18.2 Å². The van der Waals surface area contributed by atoms with Crippen LogP contribution in [0.2, 0.25) is 0 Å². The SMILES string of the molecule is CC1CCCN(Cc2cc(F)cc(C(=N)N)c2)C1C. The standard InChI is InChI=1S/C15H22FN3/c1-10-4-3-5-19(11(10)2)9-12-6-13(15(17)18)8-14(16)7-12/h6-8,10-11H,3-5,9H2,1-2H3,(H3,17,18). The molecule has 0 bridgehead atoms. The molecule has 2 atom stereocenters. The first-order valence-corrected chi connectivity index (χ1v) is 6.85. The molecule has 1 aliphatic rings. The zero-order chi connectivity index (χ0) is 14.0. The second-order valence-electron chi connectivity index (χ2n) is 5.59. The van der Waals surface area contributed by atoms with Crippen molar-refractivity contribution in [1.82, 2.24) is 4.90 Å². The molecule has 1 aromatic carbocycles. The van der Waals surface area contributed by atoms with Crippen LogP contribution in [0.15, 0.2) is 18.2 Å². The van der Waals surface area contributed by atoms with Crippen molar-refractivity contribution in [3.05, 3.63) is 35.1 Å². The highest BCUT2D eigenvalue weighted by Crippen LogP contribution is 2.24. The van der Waals surface area contributed by atoms with Crippen LogP contribution >= 0.6 is 0 Å². The van der Waals surface area contributed by atoms with Gasteiger partial charge in [-0.1, -0.05) is 6.92 Å². The van der Waals surface area contributed by atoms with E-state index in [1.54, 1.807) is 6.07 Å². The van der Waals surface area contributed by atoms with Gasteiger partial charge in [-0.05, 0) is 56.0 Å². The van der Waals surface area contributed by atoms with Gasteiger partial charge in [0.05, 0.1) is 0 Å². The molecule has 1 aliphatic heterocycles. The number of amidine groups is 1. The average molecular weight is 263 g/mol. The van der Waals surface area contributed by atoms with E-state index in [9.17, 15) is 4.39 Å². The third kappa shape index (κ3) is 3.32. The van der Waals surface area contributed by atoms with Gasteiger partial charge >= 0.3 is 0 Å². The van der Waals surface area contributed by atoms with Crippen LogP contribution in [-0.4, -0.2) is 23.3 Å². The number of nitrogens with two attached hydrogens (primary N) is 1. The molecule has 1 fully saturated rings. The minimum Gasteiger partial charge on any atom is -0.384 e. The molecule has 0 saturated carbocycles.